The molecule has 1 aliphatic heterocycles. The van der Waals surface area contributed by atoms with Gasteiger partial charge in [0, 0.05) is 0 Å². The number of nitrogens with one attached hydrogen (secondary N) is 1. The van der Waals surface area contributed by atoms with E-state index in [4.69, 9.17) is 4.55 Å². The summed E-state index contributed by atoms with van der Waals surface area (Å²) in [6.45, 7) is 0. The fourth-order valence-corrected chi connectivity index (χ4v) is 3.70. The molecule has 2 atom stereocenters. The van der Waals surface area contributed by atoms with E-state index in [1.165, 1.54) is 0 Å². The lowest BCUT2D eigenvalue weighted by Crippen LogP contribution is -2.32. The fraction of sp³-hybridized carbons (Fsp3) is 0.300. The number of amides is 1. The average Bonchev–Trinajstić information content (AvgIpc) is 2.62. The Hall–Kier alpha value is -1.05. The van der Waals surface area contributed by atoms with Gasteiger partial charge in [0.25, 0.3) is 10.1 Å². The highest BCUT2D eigenvalue weighted by Crippen LogP contribution is 2.29. The summed E-state index contributed by atoms with van der Waals surface area (Å²) in [5.74, 6) is -0.370. The standard InChI is InChI=1S/C10H10NO4S2/c12-9-8(6-7-4-2-1-3-5-7)16-10(11-9)17(13,14)15/h2-5,8,10H,6H2,(H,11,12)(H,13,14,15). The largest absolute Gasteiger partial charge is 0.328 e. The molecule has 0 aliphatic carbocycles. The molecule has 1 heterocycles. The first-order valence-electron chi connectivity index (χ1n) is 4.84. The van der Waals surface area contributed by atoms with Crippen LogP contribution in [-0.4, -0.2) is 28.8 Å². The zero-order chi connectivity index (χ0) is 12.5. The zero-order valence-electron chi connectivity index (χ0n) is 8.66. The maximum Gasteiger partial charge on any atom is 0.296 e. The molecule has 0 saturated carbocycles. The maximum absolute atomic E-state index is 11.5. The van der Waals surface area contributed by atoms with Crippen LogP contribution in [0.15, 0.2) is 24.3 Å². The lowest BCUT2D eigenvalue weighted by molar-refractivity contribution is -0.119. The molecule has 5 nitrogen and oxygen atoms in total. The van der Waals surface area contributed by atoms with E-state index in [-0.39, 0.29) is 5.91 Å². The van der Waals surface area contributed by atoms with Gasteiger partial charge >= 0.3 is 0 Å². The van der Waals surface area contributed by atoms with Crippen molar-refractivity contribution >= 4 is 27.8 Å². The van der Waals surface area contributed by atoms with Crippen LogP contribution in [0.25, 0.3) is 0 Å². The van der Waals surface area contributed by atoms with E-state index in [2.05, 4.69) is 11.4 Å². The van der Waals surface area contributed by atoms with Gasteiger partial charge in [0.2, 0.25) is 10.6 Å². The number of thioether (sulfide) groups is 1. The molecule has 1 fully saturated rings. The van der Waals surface area contributed by atoms with E-state index in [0.717, 1.165) is 17.3 Å². The molecule has 17 heavy (non-hydrogen) atoms. The van der Waals surface area contributed by atoms with Gasteiger partial charge in [-0.1, -0.05) is 24.3 Å². The van der Waals surface area contributed by atoms with Crippen molar-refractivity contribution in [3.8, 4) is 0 Å². The lowest BCUT2D eigenvalue weighted by Gasteiger charge is -2.06. The highest BCUT2D eigenvalue weighted by atomic mass is 32.3. The lowest BCUT2D eigenvalue weighted by atomic mass is 10.1. The SMILES string of the molecule is O=C1NC(S(=O)(=O)O)SC1Cc1cc[c]cc1. The summed E-state index contributed by atoms with van der Waals surface area (Å²) in [7, 11) is -4.24. The van der Waals surface area contributed by atoms with Crippen molar-refractivity contribution in [2.24, 2.45) is 0 Å². The quantitative estimate of drug-likeness (QED) is 0.780. The van der Waals surface area contributed by atoms with Crippen LogP contribution >= 0.6 is 11.8 Å². The number of hydrogen-bond acceptors (Lipinski definition) is 4. The van der Waals surface area contributed by atoms with Gasteiger partial charge in [-0.2, -0.15) is 8.42 Å². The minimum atomic E-state index is -4.24. The number of carbonyl (C=O) groups excluding carboxylic acids is 1. The number of carbonyl (C=O) groups is 1. The van der Waals surface area contributed by atoms with Crippen molar-refractivity contribution in [3.05, 3.63) is 35.9 Å². The van der Waals surface area contributed by atoms with Crippen molar-refractivity contribution in [1.29, 1.82) is 0 Å². The highest BCUT2D eigenvalue weighted by molar-refractivity contribution is 8.12. The molecule has 1 aromatic rings. The Morgan fingerprint density at radius 3 is 2.59 bits per heavy atom. The summed E-state index contributed by atoms with van der Waals surface area (Å²) in [6, 6.07) is 9.95. The first-order valence-corrected chi connectivity index (χ1v) is 7.28. The van der Waals surface area contributed by atoms with Crippen molar-refractivity contribution in [2.45, 2.75) is 16.4 Å². The molecule has 2 unspecified atom stereocenters. The average molecular weight is 272 g/mol. The Morgan fingerprint density at radius 2 is 2.06 bits per heavy atom. The third-order valence-electron chi connectivity index (χ3n) is 2.32. The van der Waals surface area contributed by atoms with E-state index >= 15 is 0 Å². The summed E-state index contributed by atoms with van der Waals surface area (Å²) < 4.78 is 29.4. The monoisotopic (exact) mass is 272 g/mol. The first-order chi connectivity index (χ1) is 7.97. The van der Waals surface area contributed by atoms with Crippen LogP contribution in [0.4, 0.5) is 0 Å². The summed E-state index contributed by atoms with van der Waals surface area (Å²) >= 11 is 0.912. The summed E-state index contributed by atoms with van der Waals surface area (Å²) in [4.78, 5) is 11.5. The molecule has 2 N–H and O–H groups in total. The Labute approximate surface area is 103 Å². The third kappa shape index (κ3) is 2.99. The molecule has 0 aromatic heterocycles. The molecule has 1 radical (unpaired) electrons. The molecule has 1 aliphatic rings. The van der Waals surface area contributed by atoms with Gasteiger partial charge in [0.1, 0.15) is 0 Å². The number of rotatable bonds is 3. The Balaban J connectivity index is 2.07. The van der Waals surface area contributed by atoms with Gasteiger partial charge in [-0.15, -0.1) is 11.8 Å². The molecule has 91 valence electrons. The summed E-state index contributed by atoms with van der Waals surface area (Å²) in [5.41, 5.74) is 0.924. The number of hydrogen-bond donors (Lipinski definition) is 2. The highest BCUT2D eigenvalue weighted by Gasteiger charge is 2.39. The van der Waals surface area contributed by atoms with E-state index in [1.807, 2.05) is 12.1 Å². The molecular formula is C10H10NO4S2. The van der Waals surface area contributed by atoms with Gasteiger partial charge in [0.05, 0.1) is 5.25 Å². The Bertz CT molecular complexity index is 514. The van der Waals surface area contributed by atoms with Crippen molar-refractivity contribution in [1.82, 2.24) is 5.32 Å². The molecule has 1 amide bonds. The molecule has 7 heteroatoms. The fourth-order valence-electron chi connectivity index (χ4n) is 1.51. The van der Waals surface area contributed by atoms with Crippen LogP contribution in [0.3, 0.4) is 0 Å². The molecule has 0 bridgehead atoms. The van der Waals surface area contributed by atoms with Crippen molar-refractivity contribution in [3.63, 3.8) is 0 Å². The molecule has 1 saturated heterocycles. The van der Waals surface area contributed by atoms with Gasteiger partial charge in [-0.05, 0) is 18.1 Å². The molecule has 0 spiro atoms. The molecular weight excluding hydrogens is 262 g/mol. The maximum atomic E-state index is 11.5. The van der Waals surface area contributed by atoms with Crippen molar-refractivity contribution < 1.29 is 17.8 Å². The predicted molar refractivity (Wildman–Crippen MR) is 63.8 cm³/mol. The predicted octanol–water partition coefficient (Wildman–Crippen LogP) is 0.432. The van der Waals surface area contributed by atoms with Crippen molar-refractivity contribution in [2.75, 3.05) is 0 Å². The zero-order valence-corrected chi connectivity index (χ0v) is 10.3. The Kier molecular flexibility index (Phi) is 3.41. The van der Waals surface area contributed by atoms with Gasteiger partial charge < -0.3 is 5.32 Å². The summed E-state index contributed by atoms with van der Waals surface area (Å²) in [5, 5.41) is 1.75. The second kappa shape index (κ2) is 4.67. The van der Waals surface area contributed by atoms with Gasteiger partial charge in [0.15, 0.2) is 0 Å². The van der Waals surface area contributed by atoms with E-state index in [0.29, 0.717) is 6.42 Å². The number of benzene rings is 1. The second-order valence-electron chi connectivity index (χ2n) is 3.59. The van der Waals surface area contributed by atoms with Gasteiger partial charge in [-0.25, -0.2) is 0 Å². The first kappa shape index (κ1) is 12.4. The van der Waals surface area contributed by atoms with E-state index in [1.54, 1.807) is 12.1 Å². The van der Waals surface area contributed by atoms with Crippen LogP contribution < -0.4 is 5.32 Å². The van der Waals surface area contributed by atoms with E-state index < -0.39 is 20.1 Å². The van der Waals surface area contributed by atoms with E-state index in [9.17, 15) is 13.2 Å². The minimum Gasteiger partial charge on any atom is -0.328 e. The summed E-state index contributed by atoms with van der Waals surface area (Å²) in [6.07, 6.45) is 0.428. The normalized spacial score (nSPS) is 24.6. The Morgan fingerprint density at radius 1 is 1.41 bits per heavy atom. The smallest absolute Gasteiger partial charge is 0.296 e. The second-order valence-corrected chi connectivity index (χ2v) is 6.70. The molecule has 1 aromatic carbocycles. The van der Waals surface area contributed by atoms with Crippen LogP contribution in [-0.2, 0) is 21.3 Å². The van der Waals surface area contributed by atoms with Crippen LogP contribution in [0, 0.1) is 6.07 Å². The van der Waals surface area contributed by atoms with Crippen LogP contribution in [0.5, 0.6) is 0 Å². The van der Waals surface area contributed by atoms with Crippen LogP contribution in [0.1, 0.15) is 5.56 Å². The van der Waals surface area contributed by atoms with Crippen LogP contribution in [0.2, 0.25) is 0 Å². The van der Waals surface area contributed by atoms with Gasteiger partial charge in [-0.3, -0.25) is 9.35 Å². The minimum absolute atomic E-state index is 0.370. The third-order valence-corrected chi connectivity index (χ3v) is 5.12. The topological polar surface area (TPSA) is 83.5 Å². The molecule has 2 rings (SSSR count).